The molecule has 0 radical (unpaired) electrons. The molecule has 0 aromatic rings. The van der Waals surface area contributed by atoms with E-state index in [0.717, 1.165) is 0 Å². The van der Waals surface area contributed by atoms with E-state index in [1.54, 1.807) is 6.92 Å². The highest BCUT2D eigenvalue weighted by molar-refractivity contribution is 8.00. The average Bonchev–Trinajstić information content (AvgIpc) is 2.00. The third-order valence-corrected chi connectivity index (χ3v) is 2.18. The van der Waals surface area contributed by atoms with Crippen molar-refractivity contribution in [1.29, 1.82) is 0 Å². The molecule has 0 saturated carbocycles. The molecular weight excluding hydrogens is 214 g/mol. The van der Waals surface area contributed by atoms with Gasteiger partial charge in [0, 0.05) is 5.54 Å². The first kappa shape index (κ1) is 14.3. The minimum atomic E-state index is -0.272. The predicted molar refractivity (Wildman–Crippen MR) is 61.9 cm³/mol. The first-order chi connectivity index (χ1) is 6.85. The maximum Gasteiger partial charge on any atom is 0.315 e. The summed E-state index contributed by atoms with van der Waals surface area (Å²) in [5.74, 6) is 0.185. The van der Waals surface area contributed by atoms with Crippen LogP contribution in [0.3, 0.4) is 0 Å². The quantitative estimate of drug-likeness (QED) is 0.725. The van der Waals surface area contributed by atoms with E-state index in [9.17, 15) is 9.59 Å². The molecule has 0 spiro atoms. The highest BCUT2D eigenvalue weighted by atomic mass is 32.2. The first-order valence-corrected chi connectivity index (χ1v) is 6.05. The van der Waals surface area contributed by atoms with Crippen molar-refractivity contribution in [2.75, 3.05) is 18.1 Å². The Morgan fingerprint density at radius 1 is 1.27 bits per heavy atom. The van der Waals surface area contributed by atoms with Gasteiger partial charge in [0.1, 0.15) is 0 Å². The van der Waals surface area contributed by atoms with Gasteiger partial charge >= 0.3 is 5.97 Å². The molecule has 0 aliphatic carbocycles. The lowest BCUT2D eigenvalue weighted by Gasteiger charge is -2.20. The molecule has 88 valence electrons. The van der Waals surface area contributed by atoms with Crippen molar-refractivity contribution in [3.63, 3.8) is 0 Å². The number of carbonyl (C=O) groups excluding carboxylic acids is 2. The predicted octanol–water partition coefficient (Wildman–Crippen LogP) is 1.20. The summed E-state index contributed by atoms with van der Waals surface area (Å²) in [6, 6.07) is 0. The number of nitrogens with one attached hydrogen (secondary N) is 1. The number of hydrogen-bond donors (Lipinski definition) is 1. The van der Waals surface area contributed by atoms with Gasteiger partial charge in [-0.3, -0.25) is 9.59 Å². The van der Waals surface area contributed by atoms with E-state index < -0.39 is 0 Å². The standard InChI is InChI=1S/C10H19NO3S/c1-5-14-9(13)7-15-6-8(12)11-10(2,3)4/h5-7H2,1-4H3,(H,11,12). The first-order valence-electron chi connectivity index (χ1n) is 4.89. The third-order valence-electron chi connectivity index (χ3n) is 1.27. The van der Waals surface area contributed by atoms with Gasteiger partial charge in [0.25, 0.3) is 0 Å². The molecular formula is C10H19NO3S. The molecule has 0 saturated heterocycles. The van der Waals surface area contributed by atoms with Crippen molar-refractivity contribution in [3.05, 3.63) is 0 Å². The SMILES string of the molecule is CCOC(=O)CSCC(=O)NC(C)(C)C. The monoisotopic (exact) mass is 233 g/mol. The fourth-order valence-corrected chi connectivity index (χ4v) is 1.49. The molecule has 0 aromatic heterocycles. The average molecular weight is 233 g/mol. The Labute approximate surface area is 95.1 Å². The minimum Gasteiger partial charge on any atom is -0.465 e. The van der Waals surface area contributed by atoms with Crippen LogP contribution in [0.25, 0.3) is 0 Å². The van der Waals surface area contributed by atoms with E-state index >= 15 is 0 Å². The summed E-state index contributed by atoms with van der Waals surface area (Å²) in [6.45, 7) is 7.89. The molecule has 1 N–H and O–H groups in total. The second-order valence-corrected chi connectivity index (χ2v) is 5.08. The van der Waals surface area contributed by atoms with Crippen molar-refractivity contribution in [3.8, 4) is 0 Å². The zero-order valence-corrected chi connectivity index (χ0v) is 10.6. The molecule has 0 heterocycles. The van der Waals surface area contributed by atoms with E-state index in [4.69, 9.17) is 4.74 Å². The fourth-order valence-electron chi connectivity index (χ4n) is 0.884. The van der Waals surface area contributed by atoms with Gasteiger partial charge in [0.05, 0.1) is 18.1 Å². The van der Waals surface area contributed by atoms with Crippen LogP contribution >= 0.6 is 11.8 Å². The molecule has 0 aliphatic rings. The number of carbonyl (C=O) groups is 2. The molecule has 0 fully saturated rings. The molecule has 0 unspecified atom stereocenters. The van der Waals surface area contributed by atoms with Gasteiger partial charge in [0.15, 0.2) is 0 Å². The molecule has 1 amide bonds. The zero-order chi connectivity index (χ0) is 11.9. The molecule has 0 atom stereocenters. The summed E-state index contributed by atoms with van der Waals surface area (Å²) in [5.41, 5.74) is -0.221. The van der Waals surface area contributed by atoms with Gasteiger partial charge in [-0.05, 0) is 27.7 Å². The van der Waals surface area contributed by atoms with Gasteiger partial charge in [-0.1, -0.05) is 0 Å². The highest BCUT2D eigenvalue weighted by Crippen LogP contribution is 2.03. The Morgan fingerprint density at radius 3 is 2.33 bits per heavy atom. The van der Waals surface area contributed by atoms with Gasteiger partial charge in [0.2, 0.25) is 5.91 Å². The number of esters is 1. The van der Waals surface area contributed by atoms with Crippen molar-refractivity contribution in [2.24, 2.45) is 0 Å². The Morgan fingerprint density at radius 2 is 1.87 bits per heavy atom. The van der Waals surface area contributed by atoms with Crippen LogP contribution in [0.5, 0.6) is 0 Å². The summed E-state index contributed by atoms with van der Waals surface area (Å²) < 4.78 is 4.73. The Balaban J connectivity index is 3.60. The van der Waals surface area contributed by atoms with E-state index in [-0.39, 0.29) is 28.9 Å². The summed E-state index contributed by atoms with van der Waals surface area (Å²) in [5, 5.41) is 2.81. The second kappa shape index (κ2) is 6.71. The van der Waals surface area contributed by atoms with Crippen molar-refractivity contribution >= 4 is 23.6 Å². The summed E-state index contributed by atoms with van der Waals surface area (Å²) in [7, 11) is 0. The number of hydrogen-bond acceptors (Lipinski definition) is 4. The van der Waals surface area contributed by atoms with Crippen LogP contribution in [0.1, 0.15) is 27.7 Å². The number of amides is 1. The molecule has 0 rings (SSSR count). The molecule has 0 aromatic carbocycles. The lowest BCUT2D eigenvalue weighted by atomic mass is 10.1. The maximum absolute atomic E-state index is 11.3. The van der Waals surface area contributed by atoms with Gasteiger partial charge in [-0.15, -0.1) is 11.8 Å². The third kappa shape index (κ3) is 9.59. The van der Waals surface area contributed by atoms with Crippen LogP contribution in [0.15, 0.2) is 0 Å². The molecule has 0 bridgehead atoms. The van der Waals surface area contributed by atoms with Crippen molar-refractivity contribution in [1.82, 2.24) is 5.32 Å². The van der Waals surface area contributed by atoms with Crippen LogP contribution in [0.2, 0.25) is 0 Å². The van der Waals surface area contributed by atoms with Crippen LogP contribution < -0.4 is 5.32 Å². The van der Waals surface area contributed by atoms with Crippen molar-refractivity contribution < 1.29 is 14.3 Å². The molecule has 15 heavy (non-hydrogen) atoms. The van der Waals surface area contributed by atoms with Gasteiger partial charge in [-0.25, -0.2) is 0 Å². The van der Waals surface area contributed by atoms with Gasteiger partial charge < -0.3 is 10.1 Å². The largest absolute Gasteiger partial charge is 0.465 e. The van der Waals surface area contributed by atoms with E-state index in [0.29, 0.717) is 6.61 Å². The maximum atomic E-state index is 11.3. The number of ether oxygens (including phenoxy) is 1. The Hall–Kier alpha value is -0.710. The number of thioether (sulfide) groups is 1. The second-order valence-electron chi connectivity index (χ2n) is 4.10. The Bertz CT molecular complexity index is 223. The van der Waals surface area contributed by atoms with E-state index in [1.807, 2.05) is 20.8 Å². The smallest absolute Gasteiger partial charge is 0.315 e. The number of rotatable bonds is 5. The zero-order valence-electron chi connectivity index (χ0n) is 9.75. The molecule has 5 heteroatoms. The fraction of sp³-hybridized carbons (Fsp3) is 0.800. The van der Waals surface area contributed by atoms with Crippen LogP contribution in [0.4, 0.5) is 0 Å². The summed E-state index contributed by atoms with van der Waals surface area (Å²) in [4.78, 5) is 22.2. The minimum absolute atomic E-state index is 0.0585. The highest BCUT2D eigenvalue weighted by Gasteiger charge is 2.13. The molecule has 0 aliphatic heterocycles. The normalized spacial score (nSPS) is 10.9. The van der Waals surface area contributed by atoms with Crippen LogP contribution in [0, 0.1) is 0 Å². The Kier molecular flexibility index (Phi) is 6.40. The van der Waals surface area contributed by atoms with Crippen molar-refractivity contribution in [2.45, 2.75) is 33.2 Å². The topological polar surface area (TPSA) is 55.4 Å². The van der Waals surface area contributed by atoms with Crippen LogP contribution in [-0.4, -0.2) is 35.5 Å². The van der Waals surface area contributed by atoms with Gasteiger partial charge in [-0.2, -0.15) is 0 Å². The lowest BCUT2D eigenvalue weighted by Crippen LogP contribution is -2.41. The molecule has 4 nitrogen and oxygen atoms in total. The van der Waals surface area contributed by atoms with Crippen LogP contribution in [-0.2, 0) is 14.3 Å². The summed E-state index contributed by atoms with van der Waals surface area (Å²) >= 11 is 1.26. The van der Waals surface area contributed by atoms with E-state index in [1.165, 1.54) is 11.8 Å². The lowest BCUT2D eigenvalue weighted by molar-refractivity contribution is -0.139. The van der Waals surface area contributed by atoms with E-state index in [2.05, 4.69) is 5.32 Å². The summed E-state index contributed by atoms with van der Waals surface area (Å²) in [6.07, 6.45) is 0.